The van der Waals surface area contributed by atoms with Gasteiger partial charge in [-0.1, -0.05) is 43.7 Å². The molecule has 0 fully saturated rings. The van der Waals surface area contributed by atoms with Gasteiger partial charge in [0.05, 0.1) is 19.4 Å². The number of ether oxygens (including phenoxy) is 1. The van der Waals surface area contributed by atoms with Gasteiger partial charge in [0, 0.05) is 11.1 Å². The van der Waals surface area contributed by atoms with Crippen LogP contribution in [-0.4, -0.2) is 36.3 Å². The van der Waals surface area contributed by atoms with Crippen molar-refractivity contribution in [3.05, 3.63) is 71.8 Å². The number of aromatic hydroxyl groups is 1. The van der Waals surface area contributed by atoms with Crippen LogP contribution in [0, 0.1) is 0 Å². The highest BCUT2D eigenvalue weighted by molar-refractivity contribution is 6.02. The van der Waals surface area contributed by atoms with Crippen LogP contribution in [-0.2, 0) is 4.79 Å². The van der Waals surface area contributed by atoms with Crippen LogP contribution in [0.3, 0.4) is 0 Å². The molecule has 0 aliphatic carbocycles. The first-order valence-electron chi connectivity index (χ1n) is 10.1. The number of nitrogens with one attached hydrogen (secondary N) is 2. The zero-order chi connectivity index (χ0) is 22.1. The average Bonchev–Trinajstić information content (AvgIpc) is 2.79. The highest BCUT2D eigenvalue weighted by Crippen LogP contribution is 2.25. The molecule has 3 rings (SSSR count). The summed E-state index contributed by atoms with van der Waals surface area (Å²) in [5.41, 5.74) is 3.29. The predicted octanol–water partition coefficient (Wildman–Crippen LogP) is 3.60. The zero-order valence-electron chi connectivity index (χ0n) is 17.3. The molecule has 0 aliphatic rings. The molecule has 0 bridgehead atoms. The smallest absolute Gasteiger partial charge is 0.259 e. The molecule has 2 amide bonds. The SMILES string of the molecule is CCCCOc1ccc(C(=O)NCC(=O)N/N=C/c2c(O)ccc3ccccc23)cc1. The Morgan fingerprint density at radius 3 is 2.61 bits per heavy atom. The molecule has 0 aromatic heterocycles. The fraction of sp³-hybridized carbons (Fsp3) is 0.208. The van der Waals surface area contributed by atoms with Crippen LogP contribution < -0.4 is 15.5 Å². The van der Waals surface area contributed by atoms with Crippen LogP contribution in [0.15, 0.2) is 65.8 Å². The second-order valence-corrected chi connectivity index (χ2v) is 6.92. The van der Waals surface area contributed by atoms with Crippen molar-refractivity contribution in [1.29, 1.82) is 0 Å². The van der Waals surface area contributed by atoms with Crippen molar-refractivity contribution in [1.82, 2.24) is 10.7 Å². The number of hydrazone groups is 1. The minimum atomic E-state index is -0.483. The normalized spacial score (nSPS) is 10.9. The Morgan fingerprint density at radius 2 is 1.84 bits per heavy atom. The van der Waals surface area contributed by atoms with Gasteiger partial charge in [0.25, 0.3) is 11.8 Å². The van der Waals surface area contributed by atoms with Crippen molar-refractivity contribution in [2.75, 3.05) is 13.2 Å². The van der Waals surface area contributed by atoms with Gasteiger partial charge < -0.3 is 15.2 Å². The van der Waals surface area contributed by atoms with Crippen LogP contribution in [0.2, 0.25) is 0 Å². The van der Waals surface area contributed by atoms with Crippen LogP contribution in [0.1, 0.15) is 35.7 Å². The summed E-state index contributed by atoms with van der Waals surface area (Å²) in [6, 6.07) is 17.7. The maximum absolute atomic E-state index is 12.2. The summed E-state index contributed by atoms with van der Waals surface area (Å²) < 4.78 is 5.57. The Balaban J connectivity index is 1.50. The lowest BCUT2D eigenvalue weighted by Crippen LogP contribution is -2.34. The Morgan fingerprint density at radius 1 is 1.06 bits per heavy atom. The fourth-order valence-corrected chi connectivity index (χ4v) is 2.93. The molecule has 0 saturated heterocycles. The highest BCUT2D eigenvalue weighted by Gasteiger charge is 2.08. The molecule has 0 atom stereocenters. The highest BCUT2D eigenvalue weighted by atomic mass is 16.5. The Hall–Kier alpha value is -3.87. The zero-order valence-corrected chi connectivity index (χ0v) is 17.3. The van der Waals surface area contributed by atoms with Crippen LogP contribution >= 0.6 is 0 Å². The van der Waals surface area contributed by atoms with E-state index in [1.54, 1.807) is 36.4 Å². The van der Waals surface area contributed by atoms with Gasteiger partial charge in [0.15, 0.2) is 0 Å². The van der Waals surface area contributed by atoms with E-state index in [-0.39, 0.29) is 18.2 Å². The molecule has 3 aromatic carbocycles. The van der Waals surface area contributed by atoms with E-state index >= 15 is 0 Å². The number of amides is 2. The maximum Gasteiger partial charge on any atom is 0.259 e. The summed E-state index contributed by atoms with van der Waals surface area (Å²) in [4.78, 5) is 24.2. The first-order valence-corrected chi connectivity index (χ1v) is 10.1. The van der Waals surface area contributed by atoms with Gasteiger partial charge in [-0.3, -0.25) is 9.59 Å². The predicted molar refractivity (Wildman–Crippen MR) is 121 cm³/mol. The molecule has 0 aliphatic heterocycles. The number of hydrogen-bond acceptors (Lipinski definition) is 5. The number of phenolic OH excluding ortho intramolecular Hbond substituents is 1. The Kier molecular flexibility index (Phi) is 7.59. The van der Waals surface area contributed by atoms with Crippen molar-refractivity contribution in [3.8, 4) is 11.5 Å². The molecule has 0 spiro atoms. The molecule has 7 nitrogen and oxygen atoms in total. The summed E-state index contributed by atoms with van der Waals surface area (Å²) >= 11 is 0. The average molecular weight is 419 g/mol. The molecule has 0 radical (unpaired) electrons. The van der Waals surface area contributed by atoms with E-state index in [1.807, 2.05) is 24.3 Å². The maximum atomic E-state index is 12.2. The number of fused-ring (bicyclic) bond motifs is 1. The Labute approximate surface area is 180 Å². The number of rotatable bonds is 9. The molecule has 3 aromatic rings. The largest absolute Gasteiger partial charge is 0.507 e. The molecule has 0 heterocycles. The van der Waals surface area contributed by atoms with Gasteiger partial charge in [-0.15, -0.1) is 0 Å². The quantitative estimate of drug-likeness (QED) is 0.280. The Bertz CT molecular complexity index is 1080. The molecule has 31 heavy (non-hydrogen) atoms. The van der Waals surface area contributed by atoms with Crippen molar-refractivity contribution < 1.29 is 19.4 Å². The summed E-state index contributed by atoms with van der Waals surface area (Å²) in [5, 5.41) is 18.3. The lowest BCUT2D eigenvalue weighted by molar-refractivity contribution is -0.120. The molecule has 0 saturated carbocycles. The van der Waals surface area contributed by atoms with Crippen molar-refractivity contribution in [3.63, 3.8) is 0 Å². The van der Waals surface area contributed by atoms with E-state index in [2.05, 4.69) is 22.8 Å². The fourth-order valence-electron chi connectivity index (χ4n) is 2.93. The summed E-state index contributed by atoms with van der Waals surface area (Å²) in [7, 11) is 0. The first-order chi connectivity index (χ1) is 15.1. The third-order valence-electron chi connectivity index (χ3n) is 4.62. The van der Waals surface area contributed by atoms with E-state index in [0.29, 0.717) is 23.5 Å². The number of phenols is 1. The van der Waals surface area contributed by atoms with Gasteiger partial charge in [-0.05, 0) is 47.5 Å². The van der Waals surface area contributed by atoms with Crippen LogP contribution in [0.4, 0.5) is 0 Å². The van der Waals surface area contributed by atoms with Crippen molar-refractivity contribution >= 4 is 28.8 Å². The second kappa shape index (κ2) is 10.8. The number of carbonyl (C=O) groups excluding carboxylic acids is 2. The van der Waals surface area contributed by atoms with Crippen LogP contribution in [0.25, 0.3) is 10.8 Å². The number of benzene rings is 3. The monoisotopic (exact) mass is 419 g/mol. The van der Waals surface area contributed by atoms with Gasteiger partial charge in [-0.25, -0.2) is 5.43 Å². The number of carbonyl (C=O) groups is 2. The van der Waals surface area contributed by atoms with Crippen LogP contribution in [0.5, 0.6) is 11.5 Å². The topological polar surface area (TPSA) is 100 Å². The number of unbranched alkanes of at least 4 members (excludes halogenated alkanes) is 1. The third-order valence-corrected chi connectivity index (χ3v) is 4.62. The molecule has 0 unspecified atom stereocenters. The minimum absolute atomic E-state index is 0.0622. The molecule has 7 heteroatoms. The molecular formula is C24H25N3O4. The number of nitrogens with zero attached hydrogens (tertiary/aromatic N) is 1. The molecule has 3 N–H and O–H groups in total. The molecular weight excluding hydrogens is 394 g/mol. The van der Waals surface area contributed by atoms with E-state index in [1.165, 1.54) is 6.21 Å². The van der Waals surface area contributed by atoms with Crippen molar-refractivity contribution in [2.24, 2.45) is 5.10 Å². The lowest BCUT2D eigenvalue weighted by atomic mass is 10.0. The summed E-state index contributed by atoms with van der Waals surface area (Å²) in [6.07, 6.45) is 3.41. The van der Waals surface area contributed by atoms with Gasteiger partial charge in [-0.2, -0.15) is 5.10 Å². The molecule has 160 valence electrons. The first kappa shape index (κ1) is 21.8. The second-order valence-electron chi connectivity index (χ2n) is 6.92. The van der Waals surface area contributed by atoms with Gasteiger partial charge >= 0.3 is 0 Å². The van der Waals surface area contributed by atoms with Gasteiger partial charge in [0.2, 0.25) is 0 Å². The van der Waals surface area contributed by atoms with Gasteiger partial charge in [0.1, 0.15) is 11.5 Å². The lowest BCUT2D eigenvalue weighted by Gasteiger charge is -2.07. The summed E-state index contributed by atoms with van der Waals surface area (Å²) in [6.45, 7) is 2.50. The number of hydrogen-bond donors (Lipinski definition) is 3. The van der Waals surface area contributed by atoms with E-state index in [0.717, 1.165) is 23.6 Å². The third kappa shape index (κ3) is 6.05. The van der Waals surface area contributed by atoms with Crippen molar-refractivity contribution in [2.45, 2.75) is 19.8 Å². The van der Waals surface area contributed by atoms with E-state index in [4.69, 9.17) is 4.74 Å². The standard InChI is InChI=1S/C24H25N3O4/c1-2-3-14-31-19-11-8-18(9-12-19)24(30)25-16-23(29)27-26-15-21-20-7-5-4-6-17(20)10-13-22(21)28/h4-13,15,28H,2-3,14,16H2,1H3,(H,25,30)(H,27,29)/b26-15+. The summed E-state index contributed by atoms with van der Waals surface area (Å²) in [5.74, 6) is -0.0873. The van der Waals surface area contributed by atoms with E-state index in [9.17, 15) is 14.7 Å². The van der Waals surface area contributed by atoms with E-state index < -0.39 is 5.91 Å². The minimum Gasteiger partial charge on any atom is -0.507 e.